The monoisotopic (exact) mass is 170 g/mol. The smallest absolute Gasteiger partial charge is 0.283 e. The first-order chi connectivity index (χ1) is 5.45. The lowest BCUT2D eigenvalue weighted by molar-refractivity contribution is -0.119. The molecule has 0 radical (unpaired) electrons. The van der Waals surface area contributed by atoms with Crippen LogP contribution in [0.3, 0.4) is 0 Å². The maximum absolute atomic E-state index is 10.4. The minimum atomic E-state index is -0.785. The molecule has 0 atom stereocenters. The first-order valence-electron chi connectivity index (χ1n) is 3.04. The molecule has 0 unspecified atom stereocenters. The second-order valence-corrected chi connectivity index (χ2v) is 2.04. The van der Waals surface area contributed by atoms with Crippen LogP contribution in [0.2, 0.25) is 0 Å². The molecule has 0 aromatic heterocycles. The Hall–Kier alpha value is -1.78. The molecular formula is C7H10N2O3. The Balaban J connectivity index is 3.85. The van der Waals surface area contributed by atoms with Crippen LogP contribution in [0.25, 0.3) is 0 Å². The molecule has 0 aliphatic carbocycles. The molecule has 0 aliphatic heterocycles. The van der Waals surface area contributed by atoms with Crippen LogP contribution in [0.1, 0.15) is 0 Å². The van der Waals surface area contributed by atoms with Gasteiger partial charge in [0.2, 0.25) is 5.91 Å². The summed E-state index contributed by atoms with van der Waals surface area (Å²) in [6, 6.07) is 0. The van der Waals surface area contributed by atoms with Crippen LogP contribution >= 0.6 is 0 Å². The van der Waals surface area contributed by atoms with Crippen LogP contribution in [0.4, 0.5) is 0 Å². The molecular weight excluding hydrogens is 160 g/mol. The molecule has 0 fully saturated rings. The fraction of sp³-hybridized carbons (Fsp3) is 0.143. The van der Waals surface area contributed by atoms with E-state index in [0.29, 0.717) is 0 Å². The van der Waals surface area contributed by atoms with Crippen molar-refractivity contribution in [1.82, 2.24) is 0 Å². The molecule has 5 nitrogen and oxygen atoms in total. The predicted octanol–water partition coefficient (Wildman–Crippen LogP) is -0.956. The van der Waals surface area contributed by atoms with Gasteiger partial charge in [0.1, 0.15) is 6.61 Å². The number of hydrogen-bond acceptors (Lipinski definition) is 3. The summed E-state index contributed by atoms with van der Waals surface area (Å²) in [6.07, 6.45) is 0. The van der Waals surface area contributed by atoms with Crippen molar-refractivity contribution in [3.8, 4) is 0 Å². The highest BCUT2D eigenvalue weighted by molar-refractivity contribution is 5.92. The van der Waals surface area contributed by atoms with Crippen molar-refractivity contribution in [3.05, 3.63) is 24.5 Å². The van der Waals surface area contributed by atoms with Gasteiger partial charge in [-0.1, -0.05) is 13.2 Å². The molecule has 0 aliphatic rings. The maximum Gasteiger partial charge on any atom is 0.283 e. The van der Waals surface area contributed by atoms with E-state index < -0.39 is 11.8 Å². The Bertz CT molecular complexity index is 219. The number of nitrogens with two attached hydrogens (primary N) is 2. The van der Waals surface area contributed by atoms with Crippen molar-refractivity contribution in [2.24, 2.45) is 11.5 Å². The summed E-state index contributed by atoms with van der Waals surface area (Å²) < 4.78 is 4.66. The third-order valence-corrected chi connectivity index (χ3v) is 1.04. The molecule has 2 amide bonds. The quantitative estimate of drug-likeness (QED) is 0.411. The molecule has 0 aromatic rings. The number of hydrogen-bond donors (Lipinski definition) is 2. The minimum absolute atomic E-state index is 0.0531. The van der Waals surface area contributed by atoms with Gasteiger partial charge in [0.15, 0.2) is 5.76 Å². The van der Waals surface area contributed by atoms with E-state index in [1.54, 1.807) is 0 Å². The highest BCUT2D eigenvalue weighted by Crippen LogP contribution is 1.96. The van der Waals surface area contributed by atoms with E-state index in [9.17, 15) is 9.59 Å². The number of ether oxygens (including phenoxy) is 1. The van der Waals surface area contributed by atoms with E-state index in [1.807, 2.05) is 0 Å². The third-order valence-electron chi connectivity index (χ3n) is 1.04. The van der Waals surface area contributed by atoms with E-state index in [-0.39, 0.29) is 17.9 Å². The zero-order valence-electron chi connectivity index (χ0n) is 6.50. The van der Waals surface area contributed by atoms with Gasteiger partial charge in [0, 0.05) is 5.57 Å². The van der Waals surface area contributed by atoms with Gasteiger partial charge in [-0.25, -0.2) is 0 Å². The average Bonchev–Trinajstić information content (AvgIpc) is 1.98. The van der Waals surface area contributed by atoms with Crippen LogP contribution in [0.15, 0.2) is 24.5 Å². The van der Waals surface area contributed by atoms with Crippen molar-refractivity contribution in [1.29, 1.82) is 0 Å². The molecule has 5 heteroatoms. The van der Waals surface area contributed by atoms with Gasteiger partial charge < -0.3 is 16.2 Å². The number of carbonyl (C=O) groups excluding carboxylic acids is 2. The number of primary amides is 2. The fourth-order valence-electron chi connectivity index (χ4n) is 0.316. The lowest BCUT2D eigenvalue weighted by atomic mass is 10.3. The summed E-state index contributed by atoms with van der Waals surface area (Å²) in [5.41, 5.74) is 9.68. The highest BCUT2D eigenvalue weighted by Gasteiger charge is 2.05. The van der Waals surface area contributed by atoms with Crippen LogP contribution < -0.4 is 11.5 Å². The Morgan fingerprint density at radius 1 is 1.17 bits per heavy atom. The summed E-state index contributed by atoms with van der Waals surface area (Å²) in [6.45, 7) is 6.32. The highest BCUT2D eigenvalue weighted by atomic mass is 16.5. The van der Waals surface area contributed by atoms with E-state index in [1.165, 1.54) is 0 Å². The normalized spacial score (nSPS) is 8.67. The zero-order valence-corrected chi connectivity index (χ0v) is 6.50. The van der Waals surface area contributed by atoms with Crippen molar-refractivity contribution in [2.45, 2.75) is 0 Å². The minimum Gasteiger partial charge on any atom is -0.484 e. The maximum atomic E-state index is 10.4. The van der Waals surface area contributed by atoms with Gasteiger partial charge >= 0.3 is 0 Å². The summed E-state index contributed by atoms with van der Waals surface area (Å²) in [4.78, 5) is 20.7. The second kappa shape index (κ2) is 4.17. The SMILES string of the molecule is C=C(COC(=C)C(N)=O)C(N)=O. The third kappa shape index (κ3) is 3.40. The molecule has 0 spiro atoms. The molecule has 0 rings (SSSR count). The molecule has 66 valence electrons. The standard InChI is InChI=1S/C7H10N2O3/c1-4(6(8)10)3-12-5(2)7(9)11/h1-3H2,(H2,8,10)(H2,9,11). The first kappa shape index (κ1) is 10.2. The lowest BCUT2D eigenvalue weighted by Gasteiger charge is -2.04. The number of rotatable bonds is 5. The summed E-state index contributed by atoms with van der Waals surface area (Å²) >= 11 is 0. The Kier molecular flexibility index (Phi) is 3.55. The van der Waals surface area contributed by atoms with Gasteiger partial charge in [-0.2, -0.15) is 0 Å². The van der Waals surface area contributed by atoms with Gasteiger partial charge in [-0.05, 0) is 0 Å². The average molecular weight is 170 g/mol. The summed E-state index contributed by atoms with van der Waals surface area (Å²) in [5, 5.41) is 0. The molecule has 0 aromatic carbocycles. The number of amides is 2. The van der Waals surface area contributed by atoms with Crippen LogP contribution in [-0.4, -0.2) is 18.4 Å². The first-order valence-corrected chi connectivity index (χ1v) is 3.04. The summed E-state index contributed by atoms with van der Waals surface area (Å²) in [7, 11) is 0. The van der Waals surface area contributed by atoms with Crippen molar-refractivity contribution in [3.63, 3.8) is 0 Å². The Morgan fingerprint density at radius 3 is 2.00 bits per heavy atom. The molecule has 0 heterocycles. The largest absolute Gasteiger partial charge is 0.484 e. The Morgan fingerprint density at radius 2 is 1.67 bits per heavy atom. The summed E-state index contributed by atoms with van der Waals surface area (Å²) in [5.74, 6) is -1.70. The van der Waals surface area contributed by atoms with Crippen molar-refractivity contribution in [2.75, 3.05) is 6.61 Å². The van der Waals surface area contributed by atoms with Crippen LogP contribution in [-0.2, 0) is 14.3 Å². The molecule has 12 heavy (non-hydrogen) atoms. The van der Waals surface area contributed by atoms with Gasteiger partial charge in [-0.3, -0.25) is 9.59 Å². The van der Waals surface area contributed by atoms with Crippen molar-refractivity contribution < 1.29 is 14.3 Å². The zero-order chi connectivity index (χ0) is 9.72. The second-order valence-electron chi connectivity index (χ2n) is 2.04. The molecule has 0 bridgehead atoms. The van der Waals surface area contributed by atoms with Gasteiger partial charge in [0.25, 0.3) is 5.91 Å². The van der Waals surface area contributed by atoms with Crippen LogP contribution in [0, 0.1) is 0 Å². The number of carbonyl (C=O) groups is 2. The topological polar surface area (TPSA) is 95.4 Å². The molecule has 4 N–H and O–H groups in total. The van der Waals surface area contributed by atoms with E-state index in [0.717, 1.165) is 0 Å². The van der Waals surface area contributed by atoms with Gasteiger partial charge in [-0.15, -0.1) is 0 Å². The van der Waals surface area contributed by atoms with E-state index >= 15 is 0 Å². The Labute approximate surface area is 69.7 Å². The van der Waals surface area contributed by atoms with Crippen LogP contribution in [0.5, 0.6) is 0 Å². The van der Waals surface area contributed by atoms with E-state index in [2.05, 4.69) is 17.9 Å². The van der Waals surface area contributed by atoms with E-state index in [4.69, 9.17) is 11.5 Å². The van der Waals surface area contributed by atoms with Crippen molar-refractivity contribution >= 4 is 11.8 Å². The van der Waals surface area contributed by atoms with Gasteiger partial charge in [0.05, 0.1) is 0 Å². The fourth-order valence-corrected chi connectivity index (χ4v) is 0.316. The lowest BCUT2D eigenvalue weighted by Crippen LogP contribution is -2.20. The molecule has 0 saturated heterocycles. The predicted molar refractivity (Wildman–Crippen MR) is 42.6 cm³/mol. The molecule has 0 saturated carbocycles.